The third-order valence-electron chi connectivity index (χ3n) is 3.90. The molecule has 2 amide bonds. The average Bonchev–Trinajstić information content (AvgIpc) is 3.01. The zero-order valence-corrected chi connectivity index (χ0v) is 10.4. The highest BCUT2D eigenvalue weighted by Gasteiger charge is 2.45. The van der Waals surface area contributed by atoms with Crippen molar-refractivity contribution < 1.29 is 14.0 Å². The molecule has 2 aliphatic heterocycles. The minimum absolute atomic E-state index is 0.00285. The van der Waals surface area contributed by atoms with Crippen LogP contribution in [0.15, 0.2) is 16.7 Å². The number of hydrogen-bond donors (Lipinski definition) is 1. The van der Waals surface area contributed by atoms with Crippen molar-refractivity contribution >= 4 is 11.8 Å². The molecule has 2 aliphatic rings. The average molecular weight is 248 g/mol. The predicted molar refractivity (Wildman–Crippen MR) is 64.0 cm³/mol. The Morgan fingerprint density at radius 2 is 2.39 bits per heavy atom. The highest BCUT2D eigenvalue weighted by molar-refractivity contribution is 5.94. The molecule has 0 saturated carbocycles. The third kappa shape index (κ3) is 1.79. The summed E-state index contributed by atoms with van der Waals surface area (Å²) in [6.45, 7) is 3.90. The van der Waals surface area contributed by atoms with Crippen molar-refractivity contribution in [1.82, 2.24) is 10.2 Å². The van der Waals surface area contributed by atoms with Crippen LogP contribution in [0.1, 0.15) is 29.0 Å². The summed E-state index contributed by atoms with van der Waals surface area (Å²) in [5.41, 5.74) is 0.563. The van der Waals surface area contributed by atoms with E-state index in [2.05, 4.69) is 5.32 Å². The SMILES string of the molecule is Cc1cc(C(=O)N2CCC3(CNC(=O)C3)C2)co1. The highest BCUT2D eigenvalue weighted by Crippen LogP contribution is 2.37. The number of aryl methyl sites for hydroxylation is 1. The molecule has 3 heterocycles. The van der Waals surface area contributed by atoms with Gasteiger partial charge >= 0.3 is 0 Å². The summed E-state index contributed by atoms with van der Waals surface area (Å²) >= 11 is 0. The zero-order chi connectivity index (χ0) is 12.8. The van der Waals surface area contributed by atoms with Gasteiger partial charge < -0.3 is 14.6 Å². The van der Waals surface area contributed by atoms with Crippen LogP contribution in [0.2, 0.25) is 0 Å². The zero-order valence-electron chi connectivity index (χ0n) is 10.4. The third-order valence-corrected chi connectivity index (χ3v) is 3.90. The van der Waals surface area contributed by atoms with Crippen LogP contribution >= 0.6 is 0 Å². The topological polar surface area (TPSA) is 62.6 Å². The van der Waals surface area contributed by atoms with Gasteiger partial charge in [-0.3, -0.25) is 9.59 Å². The molecular weight excluding hydrogens is 232 g/mol. The largest absolute Gasteiger partial charge is 0.469 e. The maximum Gasteiger partial charge on any atom is 0.257 e. The fraction of sp³-hybridized carbons (Fsp3) is 0.538. The van der Waals surface area contributed by atoms with Gasteiger partial charge in [0.25, 0.3) is 5.91 Å². The second-order valence-electron chi connectivity index (χ2n) is 5.38. The normalized spacial score (nSPS) is 26.9. The minimum atomic E-state index is -0.0362. The summed E-state index contributed by atoms with van der Waals surface area (Å²) < 4.78 is 5.17. The Kier molecular flexibility index (Phi) is 2.43. The van der Waals surface area contributed by atoms with E-state index in [1.54, 1.807) is 6.07 Å². The van der Waals surface area contributed by atoms with E-state index >= 15 is 0 Å². The summed E-state index contributed by atoms with van der Waals surface area (Å²) in [5, 5.41) is 2.86. The van der Waals surface area contributed by atoms with E-state index in [1.165, 1.54) is 6.26 Å². The first-order valence-electron chi connectivity index (χ1n) is 6.19. The Hall–Kier alpha value is -1.78. The van der Waals surface area contributed by atoms with Gasteiger partial charge in [-0.15, -0.1) is 0 Å². The molecule has 0 aliphatic carbocycles. The predicted octanol–water partition coefficient (Wildman–Crippen LogP) is 0.940. The molecule has 96 valence electrons. The molecule has 1 N–H and O–H groups in total. The molecular formula is C13H16N2O3. The van der Waals surface area contributed by atoms with Gasteiger partial charge in [0.1, 0.15) is 12.0 Å². The van der Waals surface area contributed by atoms with Crippen LogP contribution in [0.25, 0.3) is 0 Å². The van der Waals surface area contributed by atoms with E-state index < -0.39 is 0 Å². The van der Waals surface area contributed by atoms with Crippen LogP contribution in [-0.4, -0.2) is 36.3 Å². The van der Waals surface area contributed by atoms with E-state index in [-0.39, 0.29) is 17.2 Å². The first-order chi connectivity index (χ1) is 8.58. The number of carbonyl (C=O) groups is 2. The second-order valence-corrected chi connectivity index (χ2v) is 5.38. The summed E-state index contributed by atoms with van der Waals surface area (Å²) in [4.78, 5) is 25.4. The Labute approximate surface area is 105 Å². The lowest BCUT2D eigenvalue weighted by Crippen LogP contribution is -2.33. The molecule has 5 heteroatoms. The number of nitrogens with zero attached hydrogens (tertiary/aromatic N) is 1. The number of furan rings is 1. The smallest absolute Gasteiger partial charge is 0.257 e. The molecule has 2 fully saturated rings. The van der Waals surface area contributed by atoms with Crippen molar-refractivity contribution in [2.45, 2.75) is 19.8 Å². The van der Waals surface area contributed by atoms with Crippen molar-refractivity contribution in [3.05, 3.63) is 23.7 Å². The van der Waals surface area contributed by atoms with Gasteiger partial charge in [-0.1, -0.05) is 0 Å². The summed E-state index contributed by atoms with van der Waals surface area (Å²) in [6.07, 6.45) is 2.94. The Balaban J connectivity index is 1.72. The molecule has 1 atom stereocenters. The molecule has 0 aromatic carbocycles. The standard InChI is InChI=1S/C13H16N2O3/c1-9-4-10(6-18-9)12(17)15-3-2-13(8-15)5-11(16)14-7-13/h4,6H,2-3,5,7-8H2,1H3,(H,14,16). The molecule has 3 rings (SSSR count). The van der Waals surface area contributed by atoms with E-state index in [0.29, 0.717) is 25.1 Å². The van der Waals surface area contributed by atoms with Crippen molar-refractivity contribution in [3.63, 3.8) is 0 Å². The molecule has 2 saturated heterocycles. The fourth-order valence-electron chi connectivity index (χ4n) is 2.89. The van der Waals surface area contributed by atoms with Crippen LogP contribution in [0.3, 0.4) is 0 Å². The number of rotatable bonds is 1. The molecule has 0 bridgehead atoms. The van der Waals surface area contributed by atoms with Crippen molar-refractivity contribution in [2.24, 2.45) is 5.41 Å². The molecule has 18 heavy (non-hydrogen) atoms. The van der Waals surface area contributed by atoms with Gasteiger partial charge in [-0.05, 0) is 19.4 Å². The molecule has 1 aromatic rings. The summed E-state index contributed by atoms with van der Waals surface area (Å²) in [6, 6.07) is 1.76. The quantitative estimate of drug-likeness (QED) is 0.804. The molecule has 0 radical (unpaired) electrons. The second kappa shape index (κ2) is 3.86. The van der Waals surface area contributed by atoms with Gasteiger partial charge in [-0.25, -0.2) is 0 Å². The van der Waals surface area contributed by atoms with Crippen molar-refractivity contribution in [3.8, 4) is 0 Å². The van der Waals surface area contributed by atoms with Gasteiger partial charge in [0.2, 0.25) is 5.91 Å². The van der Waals surface area contributed by atoms with Gasteiger partial charge in [0.15, 0.2) is 0 Å². The Morgan fingerprint density at radius 3 is 3.00 bits per heavy atom. The number of hydrogen-bond acceptors (Lipinski definition) is 3. The lowest BCUT2D eigenvalue weighted by atomic mass is 9.86. The Morgan fingerprint density at radius 1 is 1.56 bits per heavy atom. The van der Waals surface area contributed by atoms with Gasteiger partial charge in [-0.2, -0.15) is 0 Å². The number of nitrogens with one attached hydrogen (secondary N) is 1. The monoisotopic (exact) mass is 248 g/mol. The molecule has 1 unspecified atom stereocenters. The first-order valence-corrected chi connectivity index (χ1v) is 6.19. The van der Waals surface area contributed by atoms with Crippen LogP contribution in [-0.2, 0) is 4.79 Å². The van der Waals surface area contributed by atoms with Crippen LogP contribution in [0.4, 0.5) is 0 Å². The van der Waals surface area contributed by atoms with Crippen LogP contribution < -0.4 is 5.32 Å². The molecule has 5 nitrogen and oxygen atoms in total. The molecule has 1 aromatic heterocycles. The van der Waals surface area contributed by atoms with Crippen LogP contribution in [0, 0.1) is 12.3 Å². The van der Waals surface area contributed by atoms with E-state index in [4.69, 9.17) is 4.42 Å². The van der Waals surface area contributed by atoms with E-state index in [1.807, 2.05) is 11.8 Å². The number of amides is 2. The maximum absolute atomic E-state index is 12.2. The summed E-state index contributed by atoms with van der Waals surface area (Å²) in [7, 11) is 0. The van der Waals surface area contributed by atoms with E-state index in [0.717, 1.165) is 18.7 Å². The minimum Gasteiger partial charge on any atom is -0.469 e. The van der Waals surface area contributed by atoms with Crippen LogP contribution in [0.5, 0.6) is 0 Å². The van der Waals surface area contributed by atoms with Gasteiger partial charge in [0, 0.05) is 31.5 Å². The lowest BCUT2D eigenvalue weighted by molar-refractivity contribution is -0.119. The number of carbonyl (C=O) groups excluding carboxylic acids is 2. The highest BCUT2D eigenvalue weighted by atomic mass is 16.3. The lowest BCUT2D eigenvalue weighted by Gasteiger charge is -2.21. The van der Waals surface area contributed by atoms with Crippen molar-refractivity contribution in [2.75, 3.05) is 19.6 Å². The van der Waals surface area contributed by atoms with E-state index in [9.17, 15) is 9.59 Å². The summed E-state index contributed by atoms with van der Waals surface area (Å²) in [5.74, 6) is 0.844. The maximum atomic E-state index is 12.2. The first kappa shape index (κ1) is 11.3. The van der Waals surface area contributed by atoms with Gasteiger partial charge in [0.05, 0.1) is 5.56 Å². The number of likely N-dealkylation sites (tertiary alicyclic amines) is 1. The molecule has 1 spiro atoms. The van der Waals surface area contributed by atoms with Crippen molar-refractivity contribution in [1.29, 1.82) is 0 Å². The fourth-order valence-corrected chi connectivity index (χ4v) is 2.89. The Bertz CT molecular complexity index is 508.